The molecule has 0 amide bonds. The molecular formula is C20H12F4O2. The molecule has 26 heavy (non-hydrogen) atoms. The predicted octanol–water partition coefficient (Wildman–Crippen LogP) is 5.73. The molecule has 0 N–H and O–H groups in total. The molecule has 0 spiro atoms. The first-order chi connectivity index (χ1) is 12.4. The fraction of sp³-hybridized carbons (Fsp3) is 0.0500. The van der Waals surface area contributed by atoms with Crippen LogP contribution in [0.25, 0.3) is 11.1 Å². The number of benzene rings is 3. The third kappa shape index (κ3) is 3.74. The van der Waals surface area contributed by atoms with E-state index in [1.54, 1.807) is 48.5 Å². The van der Waals surface area contributed by atoms with Gasteiger partial charge in [0.1, 0.15) is 11.6 Å². The number of carbonyl (C=O) groups is 1. The van der Waals surface area contributed by atoms with Crippen LogP contribution in [-0.2, 0) is 6.18 Å². The molecule has 0 heterocycles. The van der Waals surface area contributed by atoms with Crippen molar-refractivity contribution < 1.29 is 27.1 Å². The number of carbonyl (C=O) groups excluding carboxylic acids is 1. The van der Waals surface area contributed by atoms with Crippen LogP contribution in [-0.4, -0.2) is 5.97 Å². The van der Waals surface area contributed by atoms with Gasteiger partial charge in [-0.15, -0.1) is 0 Å². The summed E-state index contributed by atoms with van der Waals surface area (Å²) in [4.78, 5) is 12.3. The van der Waals surface area contributed by atoms with Gasteiger partial charge in [0, 0.05) is 5.56 Å². The molecule has 0 aliphatic rings. The molecule has 3 aromatic carbocycles. The van der Waals surface area contributed by atoms with Crippen molar-refractivity contribution in [3.05, 3.63) is 89.7 Å². The Kier molecular flexibility index (Phi) is 4.75. The maximum absolute atomic E-state index is 13.4. The Hall–Kier alpha value is -3.15. The second-order valence-corrected chi connectivity index (χ2v) is 5.44. The van der Waals surface area contributed by atoms with Gasteiger partial charge >= 0.3 is 12.1 Å². The molecule has 0 unspecified atom stereocenters. The Balaban J connectivity index is 1.99. The summed E-state index contributed by atoms with van der Waals surface area (Å²) in [5, 5.41) is 0. The number of halogens is 4. The quantitative estimate of drug-likeness (QED) is 0.339. The van der Waals surface area contributed by atoms with E-state index in [-0.39, 0.29) is 5.75 Å². The van der Waals surface area contributed by atoms with Gasteiger partial charge in [-0.2, -0.15) is 13.2 Å². The van der Waals surface area contributed by atoms with Crippen molar-refractivity contribution in [3.8, 4) is 16.9 Å². The van der Waals surface area contributed by atoms with Gasteiger partial charge in [0.15, 0.2) is 0 Å². The summed E-state index contributed by atoms with van der Waals surface area (Å²) < 4.78 is 57.9. The number of rotatable bonds is 3. The Morgan fingerprint density at radius 2 is 1.50 bits per heavy atom. The summed E-state index contributed by atoms with van der Waals surface area (Å²) in [6.07, 6.45) is -4.80. The zero-order valence-electron chi connectivity index (χ0n) is 13.3. The topological polar surface area (TPSA) is 26.3 Å². The minimum absolute atomic E-state index is 0.0843. The van der Waals surface area contributed by atoms with E-state index in [4.69, 9.17) is 4.74 Å². The van der Waals surface area contributed by atoms with Gasteiger partial charge in [0.2, 0.25) is 0 Å². The molecule has 0 aliphatic carbocycles. The lowest BCUT2D eigenvalue weighted by Gasteiger charge is -2.14. The first-order valence-corrected chi connectivity index (χ1v) is 7.59. The third-order valence-electron chi connectivity index (χ3n) is 3.68. The first-order valence-electron chi connectivity index (χ1n) is 7.59. The van der Waals surface area contributed by atoms with E-state index >= 15 is 0 Å². The molecule has 0 saturated heterocycles. The van der Waals surface area contributed by atoms with Crippen LogP contribution in [0.1, 0.15) is 15.9 Å². The zero-order valence-corrected chi connectivity index (χ0v) is 13.3. The lowest BCUT2D eigenvalue weighted by atomic mass is 10.0. The Bertz CT molecular complexity index is 934. The minimum atomic E-state index is -4.80. The summed E-state index contributed by atoms with van der Waals surface area (Å²) in [5.74, 6) is -2.15. The molecule has 0 saturated carbocycles. The number of hydrogen-bond donors (Lipinski definition) is 0. The van der Waals surface area contributed by atoms with Crippen molar-refractivity contribution in [3.63, 3.8) is 0 Å². The van der Waals surface area contributed by atoms with Gasteiger partial charge in [-0.25, -0.2) is 9.18 Å². The third-order valence-corrected chi connectivity index (χ3v) is 3.68. The molecule has 0 bridgehead atoms. The molecule has 0 atom stereocenters. The van der Waals surface area contributed by atoms with Crippen LogP contribution in [0.5, 0.6) is 5.75 Å². The van der Waals surface area contributed by atoms with E-state index in [1.807, 2.05) is 0 Å². The molecule has 0 fully saturated rings. The lowest BCUT2D eigenvalue weighted by Crippen LogP contribution is -2.17. The van der Waals surface area contributed by atoms with Crippen LogP contribution in [0, 0.1) is 5.82 Å². The highest BCUT2D eigenvalue weighted by Crippen LogP contribution is 2.34. The summed E-state index contributed by atoms with van der Waals surface area (Å²) in [6, 6.07) is 17.1. The smallest absolute Gasteiger partial charge is 0.417 e. The molecule has 0 aliphatic heterocycles. The molecule has 132 valence electrons. The average molecular weight is 360 g/mol. The van der Waals surface area contributed by atoms with E-state index in [0.29, 0.717) is 23.8 Å². The van der Waals surface area contributed by atoms with Crippen molar-refractivity contribution in [1.29, 1.82) is 0 Å². The number of esters is 1. The van der Waals surface area contributed by atoms with Crippen LogP contribution < -0.4 is 4.74 Å². The van der Waals surface area contributed by atoms with Crippen LogP contribution in [0.3, 0.4) is 0 Å². The second-order valence-electron chi connectivity index (χ2n) is 5.44. The predicted molar refractivity (Wildman–Crippen MR) is 88.2 cm³/mol. The molecule has 0 radical (unpaired) electrons. The summed E-state index contributed by atoms with van der Waals surface area (Å²) in [6.45, 7) is 0. The molecule has 0 aromatic heterocycles. The van der Waals surface area contributed by atoms with E-state index in [0.717, 1.165) is 5.56 Å². The van der Waals surface area contributed by atoms with Crippen LogP contribution in [0.4, 0.5) is 17.6 Å². The van der Waals surface area contributed by atoms with Crippen LogP contribution in [0.2, 0.25) is 0 Å². The maximum Gasteiger partial charge on any atom is 0.417 e. The molecule has 2 nitrogen and oxygen atoms in total. The highest BCUT2D eigenvalue weighted by molar-refractivity contribution is 5.94. The Morgan fingerprint density at radius 1 is 0.846 bits per heavy atom. The average Bonchev–Trinajstić information content (AvgIpc) is 2.62. The maximum atomic E-state index is 13.4. The fourth-order valence-corrected chi connectivity index (χ4v) is 2.50. The number of hydrogen-bond acceptors (Lipinski definition) is 2. The van der Waals surface area contributed by atoms with Crippen molar-refractivity contribution >= 4 is 5.97 Å². The summed E-state index contributed by atoms with van der Waals surface area (Å²) >= 11 is 0. The van der Waals surface area contributed by atoms with Gasteiger partial charge < -0.3 is 4.74 Å². The summed E-state index contributed by atoms with van der Waals surface area (Å²) in [7, 11) is 0. The second kappa shape index (κ2) is 7.00. The standard InChI is InChI=1S/C20H12F4O2/c21-14-10-11-17(20(22,23)24)16(12-14)19(25)26-18-9-5-4-8-15(18)13-6-2-1-3-7-13/h1-12H. The van der Waals surface area contributed by atoms with Crippen LogP contribution >= 0.6 is 0 Å². The van der Waals surface area contributed by atoms with Crippen molar-refractivity contribution in [2.24, 2.45) is 0 Å². The fourth-order valence-electron chi connectivity index (χ4n) is 2.50. The van der Waals surface area contributed by atoms with Crippen molar-refractivity contribution in [1.82, 2.24) is 0 Å². The first kappa shape index (κ1) is 17.7. The molecule has 3 aromatic rings. The van der Waals surface area contributed by atoms with Crippen molar-refractivity contribution in [2.45, 2.75) is 6.18 Å². The summed E-state index contributed by atoms with van der Waals surface area (Å²) in [5.41, 5.74) is -0.862. The highest BCUT2D eigenvalue weighted by atomic mass is 19.4. The number of ether oxygens (including phenoxy) is 1. The number of alkyl halides is 3. The molecule has 6 heteroatoms. The van der Waals surface area contributed by atoms with Gasteiger partial charge in [-0.05, 0) is 29.8 Å². The normalized spacial score (nSPS) is 11.2. The monoisotopic (exact) mass is 360 g/mol. The van der Waals surface area contributed by atoms with Gasteiger partial charge in [-0.1, -0.05) is 48.5 Å². The Labute approximate surface area is 146 Å². The number of para-hydroxylation sites is 1. The highest BCUT2D eigenvalue weighted by Gasteiger charge is 2.36. The molecule has 3 rings (SSSR count). The van der Waals surface area contributed by atoms with Crippen molar-refractivity contribution in [2.75, 3.05) is 0 Å². The largest absolute Gasteiger partial charge is 0.422 e. The zero-order chi connectivity index (χ0) is 18.7. The molecular weight excluding hydrogens is 348 g/mol. The minimum Gasteiger partial charge on any atom is -0.422 e. The van der Waals surface area contributed by atoms with Gasteiger partial charge in [0.05, 0.1) is 11.1 Å². The van der Waals surface area contributed by atoms with Gasteiger partial charge in [-0.3, -0.25) is 0 Å². The van der Waals surface area contributed by atoms with Crippen LogP contribution in [0.15, 0.2) is 72.8 Å². The van der Waals surface area contributed by atoms with Gasteiger partial charge in [0.25, 0.3) is 0 Å². The van der Waals surface area contributed by atoms with E-state index in [9.17, 15) is 22.4 Å². The van der Waals surface area contributed by atoms with E-state index in [2.05, 4.69) is 0 Å². The SMILES string of the molecule is O=C(Oc1ccccc1-c1ccccc1)c1cc(F)ccc1C(F)(F)F. The van der Waals surface area contributed by atoms with E-state index in [1.165, 1.54) is 6.07 Å². The Morgan fingerprint density at radius 3 is 2.19 bits per heavy atom. The lowest BCUT2D eigenvalue weighted by molar-refractivity contribution is -0.138. The van der Waals surface area contributed by atoms with E-state index < -0.39 is 29.1 Å².